The Balaban J connectivity index is 0. The van der Waals surface area contributed by atoms with Gasteiger partial charge in [0.15, 0.2) is 0 Å². The minimum absolute atomic E-state index is 0. The zero-order chi connectivity index (χ0) is 2.71. The molecule has 0 saturated carbocycles. The smallest absolute Gasteiger partial charge is 0.454 e. The maximum Gasteiger partial charge on any atom is 1.00 e. The molecule has 4 heavy (non-hydrogen) atoms. The molecular formula is HNaOS2. The van der Waals surface area contributed by atoms with E-state index in [9.17, 15) is 0 Å². The van der Waals surface area contributed by atoms with Crippen LogP contribution in [0.1, 0.15) is 0 Å². The summed E-state index contributed by atoms with van der Waals surface area (Å²) in [6.45, 7) is 0. The molecule has 0 heterocycles. The fourth-order valence-corrected chi connectivity index (χ4v) is 0. The number of hydrogen-bond acceptors (Lipinski definition) is 3. The molecule has 0 amide bonds. The Morgan fingerprint density at radius 3 is 1.75 bits per heavy atom. The minimum atomic E-state index is -0.250. The van der Waals surface area contributed by atoms with Crippen LogP contribution in [0.2, 0.25) is 0 Å². The van der Waals surface area contributed by atoms with Crippen molar-refractivity contribution < 1.29 is 33.8 Å². The standard InChI is InChI=1S/Na.HOS2/c;1-3-2/h;3H/q+1;-1. The summed E-state index contributed by atoms with van der Waals surface area (Å²) >= 11 is 3.81. The first-order chi connectivity index (χ1) is 1.41. The zero-order valence-electron chi connectivity index (χ0n) is 2.26. The largest absolute Gasteiger partial charge is 1.00 e. The second-order valence-corrected chi connectivity index (χ2v) is 0.671. The van der Waals surface area contributed by atoms with E-state index in [4.69, 9.17) is 4.21 Å². The summed E-state index contributed by atoms with van der Waals surface area (Å²) in [6, 6.07) is 0. The fraction of sp³-hybridized carbons (Fsp3) is 0. The van der Waals surface area contributed by atoms with Crippen molar-refractivity contribution in [3.63, 3.8) is 0 Å². The summed E-state index contributed by atoms with van der Waals surface area (Å²) in [4.78, 5) is 0. The van der Waals surface area contributed by atoms with E-state index in [1.54, 1.807) is 0 Å². The van der Waals surface area contributed by atoms with Crippen molar-refractivity contribution in [3.8, 4) is 0 Å². The second-order valence-electron chi connectivity index (χ2n) is 0.0745. The molecule has 1 nitrogen and oxygen atoms in total. The molecule has 0 N–H and O–H groups in total. The van der Waals surface area contributed by atoms with Gasteiger partial charge in [0.1, 0.15) is 0 Å². The average Bonchev–Trinajstić information content (AvgIpc) is 0.918. The van der Waals surface area contributed by atoms with Crippen LogP contribution in [-0.4, -0.2) is 0 Å². The van der Waals surface area contributed by atoms with E-state index in [0.717, 1.165) is 0 Å². The first-order valence-corrected chi connectivity index (χ1v) is 2.19. The number of thiol groups is 1. The van der Waals surface area contributed by atoms with E-state index in [1.807, 2.05) is 0 Å². The molecule has 4 heteroatoms. The molecule has 0 aliphatic rings. The Labute approximate surface area is 54.8 Å². The Kier molecular flexibility index (Phi) is 19.9. The van der Waals surface area contributed by atoms with E-state index in [1.165, 1.54) is 0 Å². The van der Waals surface area contributed by atoms with Gasteiger partial charge in [-0.1, -0.05) is 0 Å². The maximum absolute atomic E-state index is 8.72. The van der Waals surface area contributed by atoms with Crippen LogP contribution >= 0.6 is 0 Å². The SMILES string of the molecule is O=[SH-]=S.[Na+]. The third-order valence-electron chi connectivity index (χ3n) is 0. The summed E-state index contributed by atoms with van der Waals surface area (Å²) in [5, 5.41) is 0. The van der Waals surface area contributed by atoms with Crippen LogP contribution in [0.25, 0.3) is 0 Å². The predicted molar refractivity (Wildman–Crippen MR) is 16.8 cm³/mol. The van der Waals surface area contributed by atoms with E-state index >= 15 is 0 Å². The molecular weight excluding hydrogens is 103 g/mol. The molecule has 20 valence electrons. The molecule has 0 rings (SSSR count). The van der Waals surface area contributed by atoms with Gasteiger partial charge in [-0.25, -0.2) is 21.4 Å². The van der Waals surface area contributed by atoms with Gasteiger partial charge in [-0.3, -0.25) is 0 Å². The summed E-state index contributed by atoms with van der Waals surface area (Å²) in [5.41, 5.74) is 0. The molecule has 0 aliphatic carbocycles. The average molecular weight is 104 g/mol. The number of hydrogen-bond donors (Lipinski definition) is 0. The van der Waals surface area contributed by atoms with Gasteiger partial charge in [0.2, 0.25) is 0 Å². The number of rotatable bonds is 0. The Morgan fingerprint density at radius 1 is 1.75 bits per heavy atom. The molecule has 0 radical (unpaired) electrons. The minimum Gasteiger partial charge on any atom is -0.454 e. The van der Waals surface area contributed by atoms with E-state index < -0.39 is 0 Å². The van der Waals surface area contributed by atoms with Gasteiger partial charge in [-0.05, 0) is 0 Å². The van der Waals surface area contributed by atoms with E-state index in [0.29, 0.717) is 0 Å². The van der Waals surface area contributed by atoms with Gasteiger partial charge in [-0.2, -0.15) is 0 Å². The van der Waals surface area contributed by atoms with Crippen LogP contribution in [0.5, 0.6) is 0 Å². The van der Waals surface area contributed by atoms with Crippen molar-refractivity contribution in [1.82, 2.24) is 0 Å². The Bertz CT molecular complexity index is 27.0. The Morgan fingerprint density at radius 2 is 1.75 bits per heavy atom. The monoisotopic (exact) mass is 104 g/mol. The van der Waals surface area contributed by atoms with Crippen LogP contribution in [0.3, 0.4) is 0 Å². The molecule has 0 aromatic heterocycles. The maximum atomic E-state index is 8.72. The van der Waals surface area contributed by atoms with Crippen LogP contribution in [0.4, 0.5) is 0 Å². The summed E-state index contributed by atoms with van der Waals surface area (Å²) < 4.78 is 8.72. The van der Waals surface area contributed by atoms with Crippen molar-refractivity contribution in [3.05, 3.63) is 0 Å². The molecule has 0 aliphatic heterocycles. The van der Waals surface area contributed by atoms with Gasteiger partial charge in [0.05, 0.1) is 0 Å². The van der Waals surface area contributed by atoms with Crippen molar-refractivity contribution in [2.75, 3.05) is 0 Å². The first-order valence-electron chi connectivity index (χ1n) is 0.365. The molecule has 0 aromatic rings. The van der Waals surface area contributed by atoms with E-state index in [-0.39, 0.29) is 39.8 Å². The molecule has 0 unspecified atom stereocenters. The van der Waals surface area contributed by atoms with Crippen LogP contribution in [0, 0.1) is 0 Å². The topological polar surface area (TPSA) is 17.1 Å². The third kappa shape index (κ3) is 10.1. The fourth-order valence-electron chi connectivity index (χ4n) is 0. The van der Waals surface area contributed by atoms with Gasteiger partial charge in [0.25, 0.3) is 0 Å². The first kappa shape index (κ1) is 9.03. The van der Waals surface area contributed by atoms with Crippen LogP contribution in [-0.2, 0) is 25.6 Å². The van der Waals surface area contributed by atoms with Crippen LogP contribution in [0.15, 0.2) is 0 Å². The van der Waals surface area contributed by atoms with Gasteiger partial charge >= 0.3 is 29.6 Å². The molecule has 0 saturated heterocycles. The van der Waals surface area contributed by atoms with Crippen molar-refractivity contribution in [1.29, 1.82) is 0 Å². The third-order valence-corrected chi connectivity index (χ3v) is 0. The predicted octanol–water partition coefficient (Wildman–Crippen LogP) is -3.39. The van der Waals surface area contributed by atoms with Gasteiger partial charge < -0.3 is 4.21 Å². The summed E-state index contributed by atoms with van der Waals surface area (Å²) in [7, 11) is -0.250. The van der Waals surface area contributed by atoms with Crippen LogP contribution < -0.4 is 29.6 Å². The summed E-state index contributed by atoms with van der Waals surface area (Å²) in [5.74, 6) is 0. The summed E-state index contributed by atoms with van der Waals surface area (Å²) in [6.07, 6.45) is 0. The van der Waals surface area contributed by atoms with Crippen molar-refractivity contribution >= 4 is 21.4 Å². The molecule has 0 atom stereocenters. The van der Waals surface area contributed by atoms with Crippen molar-refractivity contribution in [2.24, 2.45) is 0 Å². The zero-order valence-corrected chi connectivity index (χ0v) is 5.97. The normalized spacial score (nSPS) is 4.00. The molecule has 0 spiro atoms. The quantitative estimate of drug-likeness (QED) is 0.181. The van der Waals surface area contributed by atoms with E-state index in [2.05, 4.69) is 11.2 Å². The second kappa shape index (κ2) is 8.84. The molecule has 0 fully saturated rings. The van der Waals surface area contributed by atoms with Gasteiger partial charge in [0, 0.05) is 0 Å². The van der Waals surface area contributed by atoms with Crippen molar-refractivity contribution in [2.45, 2.75) is 0 Å². The Hall–Kier alpha value is 1.37. The van der Waals surface area contributed by atoms with Gasteiger partial charge in [-0.15, -0.1) is 0 Å². The molecule has 0 bridgehead atoms. The molecule has 0 aromatic carbocycles.